The van der Waals surface area contributed by atoms with Crippen LogP contribution in [0.5, 0.6) is 0 Å². The Hall–Kier alpha value is -3.94. The van der Waals surface area contributed by atoms with Gasteiger partial charge in [-0.2, -0.15) is 0 Å². The highest BCUT2D eigenvalue weighted by Crippen LogP contribution is 2.13. The lowest BCUT2D eigenvalue weighted by molar-refractivity contribution is -0.384. The van der Waals surface area contributed by atoms with Crippen molar-refractivity contribution in [2.75, 3.05) is 0 Å². The van der Waals surface area contributed by atoms with Gasteiger partial charge >= 0.3 is 5.97 Å². The Balaban J connectivity index is 2.15. The van der Waals surface area contributed by atoms with Crippen LogP contribution in [-0.4, -0.2) is 25.8 Å². The Morgan fingerprint density at radius 1 is 1.23 bits per heavy atom. The minimum absolute atomic E-state index is 0.0406. The van der Waals surface area contributed by atoms with Crippen LogP contribution < -0.4 is 16.1 Å². The Morgan fingerprint density at radius 3 is 2.65 bits per heavy atom. The van der Waals surface area contributed by atoms with Gasteiger partial charge in [-0.1, -0.05) is 24.8 Å². The lowest BCUT2D eigenvalue weighted by atomic mass is 10.1. The zero-order valence-corrected chi connectivity index (χ0v) is 13.4. The van der Waals surface area contributed by atoms with Crippen LogP contribution in [0, 0.1) is 10.1 Å². The summed E-state index contributed by atoms with van der Waals surface area (Å²) in [5.74, 6) is -1.11. The van der Waals surface area contributed by atoms with Crippen LogP contribution in [0.15, 0.2) is 53.3 Å². The molecule has 0 fully saturated rings. The van der Waals surface area contributed by atoms with Gasteiger partial charge in [-0.05, 0) is 29.8 Å². The van der Waals surface area contributed by atoms with E-state index in [1.807, 2.05) is 0 Å². The Bertz CT molecular complexity index is 1190. The van der Waals surface area contributed by atoms with E-state index in [1.54, 1.807) is 12.1 Å². The predicted octanol–water partition coefficient (Wildman–Crippen LogP) is 1.01. The van der Waals surface area contributed by atoms with Crippen LogP contribution in [0.4, 0.5) is 5.69 Å². The third kappa shape index (κ3) is 3.16. The number of aromatic carboxylic acids is 1. The number of benzene rings is 2. The number of non-ortho nitro benzene ring substituents is 1. The number of nitro groups is 1. The van der Waals surface area contributed by atoms with Gasteiger partial charge in [-0.15, -0.1) is 0 Å². The summed E-state index contributed by atoms with van der Waals surface area (Å²) >= 11 is 0. The van der Waals surface area contributed by atoms with Crippen LogP contribution >= 0.6 is 0 Å². The van der Waals surface area contributed by atoms with Gasteiger partial charge in [0.05, 0.1) is 26.7 Å². The maximum Gasteiger partial charge on any atom is 0.335 e. The number of carboxylic acid groups (broad SMARTS) is 1. The van der Waals surface area contributed by atoms with Gasteiger partial charge in [-0.3, -0.25) is 20.0 Å². The number of rotatable bonds is 4. The maximum absolute atomic E-state index is 12.7. The van der Waals surface area contributed by atoms with E-state index in [2.05, 4.69) is 11.7 Å². The van der Waals surface area contributed by atoms with E-state index < -0.39 is 16.5 Å². The van der Waals surface area contributed by atoms with Gasteiger partial charge in [0.1, 0.15) is 0 Å². The molecule has 0 unspecified atom stereocenters. The fourth-order valence-corrected chi connectivity index (χ4v) is 2.50. The number of aromatic nitrogens is 2. The van der Waals surface area contributed by atoms with Crippen LogP contribution in [0.3, 0.4) is 0 Å². The number of nitrogens with one attached hydrogen (secondary N) is 1. The molecule has 0 aliphatic carbocycles. The zero-order valence-electron chi connectivity index (χ0n) is 13.4. The lowest BCUT2D eigenvalue weighted by Gasteiger charge is -2.02. The molecule has 2 aromatic carbocycles. The fourth-order valence-electron chi connectivity index (χ4n) is 2.50. The third-order valence-corrected chi connectivity index (χ3v) is 3.75. The molecule has 130 valence electrons. The summed E-state index contributed by atoms with van der Waals surface area (Å²) in [5.41, 5.74) is 0.336. The topological polar surface area (TPSA) is 118 Å². The van der Waals surface area contributed by atoms with E-state index in [9.17, 15) is 19.7 Å². The molecule has 0 saturated carbocycles. The molecule has 0 bridgehead atoms. The van der Waals surface area contributed by atoms with Crippen molar-refractivity contribution in [1.82, 2.24) is 9.78 Å². The van der Waals surface area contributed by atoms with E-state index in [4.69, 9.17) is 5.11 Å². The van der Waals surface area contributed by atoms with Crippen LogP contribution in [0.1, 0.15) is 15.9 Å². The Morgan fingerprint density at radius 2 is 1.96 bits per heavy atom. The molecule has 0 amide bonds. The first-order valence-electron chi connectivity index (χ1n) is 7.47. The first kappa shape index (κ1) is 16.9. The third-order valence-electron chi connectivity index (χ3n) is 3.75. The molecule has 3 aromatic rings. The van der Waals surface area contributed by atoms with Gasteiger partial charge in [0.25, 0.3) is 11.2 Å². The van der Waals surface area contributed by atoms with Crippen molar-refractivity contribution in [3.63, 3.8) is 0 Å². The quantitative estimate of drug-likeness (QED) is 0.537. The number of nitrogens with zero attached hydrogens (tertiary/aromatic N) is 2. The summed E-state index contributed by atoms with van der Waals surface area (Å²) in [6.45, 7) is 3.78. The fraction of sp³-hybridized carbons (Fsp3) is 0. The first-order valence-corrected chi connectivity index (χ1v) is 7.47. The SMILES string of the molecule is C=c1[nH]n(-c2cccc(C(=O)O)c2)c(=O)/c1=C\c1cccc([N+](=O)[O-])c1. The molecule has 0 aliphatic rings. The molecule has 3 rings (SSSR count). The van der Waals surface area contributed by atoms with Crippen molar-refractivity contribution in [3.05, 3.63) is 90.7 Å². The molecule has 2 N–H and O–H groups in total. The van der Waals surface area contributed by atoms with Gasteiger partial charge < -0.3 is 5.11 Å². The second-order valence-electron chi connectivity index (χ2n) is 5.50. The Kier molecular flexibility index (Phi) is 4.24. The summed E-state index contributed by atoms with van der Waals surface area (Å²) in [6.07, 6.45) is 1.49. The van der Waals surface area contributed by atoms with Crippen molar-refractivity contribution < 1.29 is 14.8 Å². The molecule has 1 aromatic heterocycles. The highest BCUT2D eigenvalue weighted by molar-refractivity contribution is 5.88. The van der Waals surface area contributed by atoms with Gasteiger partial charge in [0.15, 0.2) is 0 Å². The average Bonchev–Trinajstić information content (AvgIpc) is 2.90. The number of hydrogen-bond acceptors (Lipinski definition) is 4. The number of aromatic amines is 1. The highest BCUT2D eigenvalue weighted by atomic mass is 16.6. The summed E-state index contributed by atoms with van der Waals surface area (Å²) in [4.78, 5) is 34.1. The normalized spacial score (nSPS) is 11.5. The van der Waals surface area contributed by atoms with E-state index in [0.29, 0.717) is 16.6 Å². The zero-order chi connectivity index (χ0) is 18.8. The lowest BCUT2D eigenvalue weighted by Crippen LogP contribution is -2.34. The van der Waals surface area contributed by atoms with E-state index in [1.165, 1.54) is 47.2 Å². The second-order valence-corrected chi connectivity index (χ2v) is 5.50. The van der Waals surface area contributed by atoms with Crippen LogP contribution in [0.2, 0.25) is 0 Å². The average molecular weight is 351 g/mol. The van der Waals surface area contributed by atoms with Crippen molar-refractivity contribution in [1.29, 1.82) is 0 Å². The number of H-pyrrole nitrogens is 1. The summed E-state index contributed by atoms with van der Waals surface area (Å²) in [5, 5.41) is 23.3. The molecule has 0 aliphatic heterocycles. The first-order chi connectivity index (χ1) is 12.4. The van der Waals surface area contributed by atoms with Gasteiger partial charge in [0, 0.05) is 12.1 Å². The molecule has 26 heavy (non-hydrogen) atoms. The largest absolute Gasteiger partial charge is 0.478 e. The molecular weight excluding hydrogens is 338 g/mol. The standard InChI is InChI=1S/C18H13N3O5/c1-11-16(9-12-4-2-7-15(8-12)21(25)26)17(22)20(19-11)14-6-3-5-13(10-14)18(23)24/h2-10,19H,1H2,(H,23,24)/b16-9-. The molecule has 0 atom stereocenters. The molecule has 8 heteroatoms. The minimum atomic E-state index is -1.11. The van der Waals surface area contributed by atoms with Crippen LogP contribution in [0.25, 0.3) is 18.3 Å². The van der Waals surface area contributed by atoms with E-state index in [-0.39, 0.29) is 16.5 Å². The molecule has 0 radical (unpaired) electrons. The summed E-state index contributed by atoms with van der Waals surface area (Å²) < 4.78 is 1.18. The predicted molar refractivity (Wildman–Crippen MR) is 94.8 cm³/mol. The minimum Gasteiger partial charge on any atom is -0.478 e. The molecule has 8 nitrogen and oxygen atoms in total. The number of carbonyl (C=O) groups is 1. The Labute approximate surface area is 146 Å². The van der Waals surface area contributed by atoms with Crippen molar-refractivity contribution in [3.8, 4) is 5.69 Å². The molecule has 0 spiro atoms. The highest BCUT2D eigenvalue weighted by Gasteiger charge is 2.09. The number of nitro benzene ring substituents is 1. The number of hydrogen-bond donors (Lipinski definition) is 2. The molecular formula is C18H13N3O5. The van der Waals surface area contributed by atoms with Crippen LogP contribution in [-0.2, 0) is 0 Å². The maximum atomic E-state index is 12.7. The van der Waals surface area contributed by atoms with E-state index >= 15 is 0 Å². The summed E-state index contributed by atoms with van der Waals surface area (Å²) in [6, 6.07) is 11.7. The van der Waals surface area contributed by atoms with Crippen molar-refractivity contribution in [2.24, 2.45) is 0 Å². The molecule has 1 heterocycles. The monoisotopic (exact) mass is 351 g/mol. The summed E-state index contributed by atoms with van der Waals surface area (Å²) in [7, 11) is 0. The molecule has 0 saturated heterocycles. The van der Waals surface area contributed by atoms with Gasteiger partial charge in [-0.25, -0.2) is 9.48 Å². The smallest absolute Gasteiger partial charge is 0.335 e. The second kappa shape index (κ2) is 6.52. The number of carboxylic acids is 1. The van der Waals surface area contributed by atoms with Crippen molar-refractivity contribution >= 4 is 24.3 Å². The van der Waals surface area contributed by atoms with E-state index in [0.717, 1.165) is 0 Å². The van der Waals surface area contributed by atoms with Gasteiger partial charge in [0.2, 0.25) is 0 Å². The van der Waals surface area contributed by atoms with Crippen molar-refractivity contribution in [2.45, 2.75) is 0 Å².